The number of nitrogens with zero attached hydrogens (tertiary/aromatic N) is 3. The average molecular weight is 175 g/mol. The second-order valence-corrected chi connectivity index (χ2v) is 2.90. The highest BCUT2D eigenvalue weighted by Gasteiger charge is 2.18. The minimum Gasteiger partial charge on any atom is -0.493 e. The molecule has 1 atom stereocenters. The van der Waals surface area contributed by atoms with Gasteiger partial charge in [0, 0.05) is 10.5 Å². The summed E-state index contributed by atoms with van der Waals surface area (Å²) in [5.74, 6) is 0.839. The van der Waals surface area contributed by atoms with E-state index < -0.39 is 0 Å². The third-order valence-electron chi connectivity index (χ3n) is 2.12. The van der Waals surface area contributed by atoms with E-state index in [1.54, 1.807) is 0 Å². The fourth-order valence-electron chi connectivity index (χ4n) is 1.51. The van der Waals surface area contributed by atoms with E-state index in [1.807, 2.05) is 24.3 Å². The summed E-state index contributed by atoms with van der Waals surface area (Å²) in [7, 11) is 0. The van der Waals surface area contributed by atoms with Crippen molar-refractivity contribution in [2.45, 2.75) is 12.5 Å². The van der Waals surface area contributed by atoms with Gasteiger partial charge >= 0.3 is 0 Å². The molecule has 0 N–H and O–H groups in total. The van der Waals surface area contributed by atoms with E-state index in [2.05, 4.69) is 10.0 Å². The van der Waals surface area contributed by atoms with Crippen LogP contribution in [0.3, 0.4) is 0 Å². The van der Waals surface area contributed by atoms with Crippen molar-refractivity contribution in [2.75, 3.05) is 6.61 Å². The van der Waals surface area contributed by atoms with E-state index in [4.69, 9.17) is 10.3 Å². The summed E-state index contributed by atoms with van der Waals surface area (Å²) >= 11 is 0. The molecule has 1 aliphatic rings. The number of rotatable bonds is 1. The van der Waals surface area contributed by atoms with Gasteiger partial charge in [-0.3, -0.25) is 0 Å². The van der Waals surface area contributed by atoms with Crippen LogP contribution < -0.4 is 4.74 Å². The molecule has 66 valence electrons. The Bertz CT molecular complexity index is 358. The molecule has 0 aliphatic carbocycles. The van der Waals surface area contributed by atoms with Crippen LogP contribution in [0.2, 0.25) is 0 Å². The van der Waals surface area contributed by atoms with Crippen molar-refractivity contribution in [3.8, 4) is 5.75 Å². The lowest BCUT2D eigenvalue weighted by Gasteiger charge is -2.21. The first kappa shape index (κ1) is 7.95. The second-order valence-electron chi connectivity index (χ2n) is 2.90. The van der Waals surface area contributed by atoms with Crippen molar-refractivity contribution < 1.29 is 4.74 Å². The Morgan fingerprint density at radius 3 is 3.15 bits per heavy atom. The molecule has 4 heteroatoms. The molecule has 0 radical (unpaired) electrons. The van der Waals surface area contributed by atoms with Gasteiger partial charge in [-0.05, 0) is 18.0 Å². The number of hydrogen-bond acceptors (Lipinski definition) is 2. The Morgan fingerprint density at radius 1 is 1.46 bits per heavy atom. The second kappa shape index (κ2) is 3.37. The highest BCUT2D eigenvalue weighted by atomic mass is 16.5. The van der Waals surface area contributed by atoms with Crippen LogP contribution in [0.25, 0.3) is 10.4 Å². The number of benzene rings is 1. The zero-order valence-corrected chi connectivity index (χ0v) is 7.05. The zero-order chi connectivity index (χ0) is 9.10. The molecule has 0 fully saturated rings. The zero-order valence-electron chi connectivity index (χ0n) is 7.05. The quantitative estimate of drug-likeness (QED) is 0.367. The molecule has 0 amide bonds. The number of fused-ring (bicyclic) bond motifs is 1. The molecule has 0 saturated heterocycles. The summed E-state index contributed by atoms with van der Waals surface area (Å²) in [6.07, 6.45) is 0.765. The fraction of sp³-hybridized carbons (Fsp3) is 0.333. The number of ether oxygens (including phenoxy) is 1. The highest BCUT2D eigenvalue weighted by molar-refractivity contribution is 5.37. The van der Waals surface area contributed by atoms with Crippen LogP contribution in [0.1, 0.15) is 18.0 Å². The molecule has 1 heterocycles. The van der Waals surface area contributed by atoms with Crippen LogP contribution in [-0.4, -0.2) is 6.61 Å². The van der Waals surface area contributed by atoms with Gasteiger partial charge in [0.2, 0.25) is 0 Å². The van der Waals surface area contributed by atoms with Gasteiger partial charge in [-0.15, -0.1) is 0 Å². The van der Waals surface area contributed by atoms with Crippen LogP contribution in [0.15, 0.2) is 29.4 Å². The molecular formula is C9H9N3O. The molecule has 0 saturated carbocycles. The lowest BCUT2D eigenvalue weighted by molar-refractivity contribution is 0.269. The summed E-state index contributed by atoms with van der Waals surface area (Å²) in [6, 6.07) is 7.61. The van der Waals surface area contributed by atoms with Crippen LogP contribution in [-0.2, 0) is 0 Å². The van der Waals surface area contributed by atoms with E-state index in [1.165, 1.54) is 0 Å². The van der Waals surface area contributed by atoms with Gasteiger partial charge in [0.1, 0.15) is 5.75 Å². The van der Waals surface area contributed by atoms with Crippen molar-refractivity contribution in [3.63, 3.8) is 0 Å². The van der Waals surface area contributed by atoms with Gasteiger partial charge in [0.05, 0.1) is 12.6 Å². The Kier molecular flexibility index (Phi) is 2.06. The standard InChI is InChI=1S/C9H9N3O/c10-12-11-8-5-6-13-9-4-2-1-3-7(8)9/h1-4,8H,5-6H2/t8-/m1/s1. The molecule has 4 nitrogen and oxygen atoms in total. The van der Waals surface area contributed by atoms with Crippen molar-refractivity contribution in [1.82, 2.24) is 0 Å². The Balaban J connectivity index is 2.42. The third kappa shape index (κ3) is 1.44. The van der Waals surface area contributed by atoms with E-state index in [-0.39, 0.29) is 6.04 Å². The first-order valence-electron chi connectivity index (χ1n) is 4.18. The van der Waals surface area contributed by atoms with Gasteiger partial charge in [-0.25, -0.2) is 0 Å². The number of hydrogen-bond donors (Lipinski definition) is 0. The predicted molar refractivity (Wildman–Crippen MR) is 48.4 cm³/mol. The minimum absolute atomic E-state index is 0.0602. The van der Waals surface area contributed by atoms with Crippen molar-refractivity contribution in [3.05, 3.63) is 40.3 Å². The summed E-state index contributed by atoms with van der Waals surface area (Å²) in [6.45, 7) is 0.626. The van der Waals surface area contributed by atoms with E-state index in [0.29, 0.717) is 6.61 Å². The molecule has 1 aliphatic heterocycles. The molecule has 0 spiro atoms. The Hall–Kier alpha value is -1.67. The van der Waals surface area contributed by atoms with Crippen LogP contribution in [0, 0.1) is 0 Å². The smallest absolute Gasteiger partial charge is 0.122 e. The van der Waals surface area contributed by atoms with Gasteiger partial charge in [0.25, 0.3) is 0 Å². The largest absolute Gasteiger partial charge is 0.493 e. The topological polar surface area (TPSA) is 58.0 Å². The first-order chi connectivity index (χ1) is 6.42. The normalized spacial score (nSPS) is 19.5. The molecule has 2 rings (SSSR count). The summed E-state index contributed by atoms with van der Waals surface area (Å²) < 4.78 is 5.42. The Morgan fingerprint density at radius 2 is 2.31 bits per heavy atom. The van der Waals surface area contributed by atoms with E-state index >= 15 is 0 Å². The molecule has 0 aromatic heterocycles. The van der Waals surface area contributed by atoms with Crippen LogP contribution >= 0.6 is 0 Å². The predicted octanol–water partition coefficient (Wildman–Crippen LogP) is 2.82. The number of para-hydroxylation sites is 1. The van der Waals surface area contributed by atoms with Crippen LogP contribution in [0.5, 0.6) is 5.75 Å². The van der Waals surface area contributed by atoms with E-state index in [9.17, 15) is 0 Å². The minimum atomic E-state index is -0.0602. The van der Waals surface area contributed by atoms with Crippen molar-refractivity contribution in [2.24, 2.45) is 5.11 Å². The first-order valence-corrected chi connectivity index (χ1v) is 4.18. The molecule has 13 heavy (non-hydrogen) atoms. The lowest BCUT2D eigenvalue weighted by atomic mass is 10.0. The monoisotopic (exact) mass is 175 g/mol. The molecular weight excluding hydrogens is 166 g/mol. The molecule has 1 aromatic carbocycles. The Labute approximate surface area is 75.8 Å². The average Bonchev–Trinajstić information content (AvgIpc) is 2.19. The SMILES string of the molecule is [N-]=[N+]=N[C@@H]1CCOc2ccccc21. The lowest BCUT2D eigenvalue weighted by Crippen LogP contribution is -2.11. The van der Waals surface area contributed by atoms with Crippen molar-refractivity contribution >= 4 is 0 Å². The summed E-state index contributed by atoms with van der Waals surface area (Å²) in [5.41, 5.74) is 9.35. The fourth-order valence-corrected chi connectivity index (χ4v) is 1.51. The maximum absolute atomic E-state index is 8.36. The van der Waals surface area contributed by atoms with Crippen molar-refractivity contribution in [1.29, 1.82) is 0 Å². The van der Waals surface area contributed by atoms with Gasteiger partial charge in [0.15, 0.2) is 0 Å². The number of azide groups is 1. The summed E-state index contributed by atoms with van der Waals surface area (Å²) in [5, 5.41) is 3.73. The maximum Gasteiger partial charge on any atom is 0.122 e. The van der Waals surface area contributed by atoms with Crippen LogP contribution in [0.4, 0.5) is 0 Å². The van der Waals surface area contributed by atoms with Gasteiger partial charge in [-0.1, -0.05) is 23.3 Å². The summed E-state index contributed by atoms with van der Waals surface area (Å²) in [4.78, 5) is 2.83. The third-order valence-corrected chi connectivity index (χ3v) is 2.12. The van der Waals surface area contributed by atoms with Gasteiger partial charge < -0.3 is 4.74 Å². The van der Waals surface area contributed by atoms with E-state index in [0.717, 1.165) is 17.7 Å². The highest BCUT2D eigenvalue weighted by Crippen LogP contribution is 2.33. The molecule has 0 bridgehead atoms. The molecule has 0 unspecified atom stereocenters. The molecule has 1 aromatic rings. The van der Waals surface area contributed by atoms with Gasteiger partial charge in [-0.2, -0.15) is 0 Å². The maximum atomic E-state index is 8.36.